The van der Waals surface area contributed by atoms with E-state index in [9.17, 15) is 9.59 Å². The molecule has 4 heteroatoms. The van der Waals surface area contributed by atoms with Gasteiger partial charge in [-0.3, -0.25) is 9.59 Å². The molecule has 0 fully saturated rings. The molecule has 2 amide bonds. The van der Waals surface area contributed by atoms with Crippen LogP contribution in [0.4, 0.5) is 0 Å². The predicted molar refractivity (Wildman–Crippen MR) is 116 cm³/mol. The molecule has 0 aliphatic carbocycles. The van der Waals surface area contributed by atoms with Crippen LogP contribution in [0.1, 0.15) is 32.7 Å². The Hall–Kier alpha value is -3.40. The lowest BCUT2D eigenvalue weighted by Crippen LogP contribution is -2.33. The van der Waals surface area contributed by atoms with Crippen molar-refractivity contribution in [3.05, 3.63) is 108 Å². The highest BCUT2D eigenvalue weighted by atomic mass is 16.2. The largest absolute Gasteiger partial charge is 0.352 e. The zero-order valence-electron chi connectivity index (χ0n) is 16.4. The van der Waals surface area contributed by atoms with E-state index in [1.165, 1.54) is 5.56 Å². The molecule has 4 nitrogen and oxygen atoms in total. The molecule has 0 aromatic heterocycles. The second-order valence-corrected chi connectivity index (χ2v) is 7.04. The SMILES string of the molecule is O=C(NCC[C@H](CNC(=O)c1ccccc1)Cc1ccccc1)c1ccccc1. The van der Waals surface area contributed by atoms with Crippen LogP contribution in [-0.4, -0.2) is 24.9 Å². The summed E-state index contributed by atoms with van der Waals surface area (Å²) in [5.74, 6) is 0.0792. The van der Waals surface area contributed by atoms with Crippen LogP contribution in [-0.2, 0) is 6.42 Å². The van der Waals surface area contributed by atoms with Crippen LogP contribution >= 0.6 is 0 Å². The third kappa shape index (κ3) is 6.61. The monoisotopic (exact) mass is 386 g/mol. The van der Waals surface area contributed by atoms with Gasteiger partial charge in [-0.2, -0.15) is 0 Å². The van der Waals surface area contributed by atoms with Crippen LogP contribution < -0.4 is 10.6 Å². The fourth-order valence-electron chi connectivity index (χ4n) is 3.23. The number of carbonyl (C=O) groups is 2. The Kier molecular flexibility index (Phi) is 7.58. The molecule has 148 valence electrons. The number of nitrogens with one attached hydrogen (secondary N) is 2. The number of rotatable bonds is 9. The summed E-state index contributed by atoms with van der Waals surface area (Å²) in [5, 5.41) is 6.02. The lowest BCUT2D eigenvalue weighted by Gasteiger charge is -2.18. The van der Waals surface area contributed by atoms with Crippen molar-refractivity contribution in [2.75, 3.05) is 13.1 Å². The Morgan fingerprint density at radius 1 is 0.655 bits per heavy atom. The molecule has 0 aliphatic heterocycles. The van der Waals surface area contributed by atoms with Gasteiger partial charge in [-0.25, -0.2) is 0 Å². The summed E-state index contributed by atoms with van der Waals surface area (Å²) >= 11 is 0. The fourth-order valence-corrected chi connectivity index (χ4v) is 3.23. The van der Waals surface area contributed by atoms with E-state index in [1.807, 2.05) is 66.7 Å². The molecule has 0 saturated carbocycles. The maximum absolute atomic E-state index is 12.4. The van der Waals surface area contributed by atoms with Crippen molar-refractivity contribution in [2.24, 2.45) is 5.92 Å². The molecule has 0 unspecified atom stereocenters. The topological polar surface area (TPSA) is 58.2 Å². The van der Waals surface area contributed by atoms with E-state index < -0.39 is 0 Å². The molecular weight excluding hydrogens is 360 g/mol. The smallest absolute Gasteiger partial charge is 0.251 e. The first-order valence-corrected chi connectivity index (χ1v) is 9.93. The van der Waals surface area contributed by atoms with Crippen LogP contribution in [0.15, 0.2) is 91.0 Å². The predicted octanol–water partition coefficient (Wildman–Crippen LogP) is 4.10. The average molecular weight is 386 g/mol. The number of hydrogen-bond acceptors (Lipinski definition) is 2. The molecule has 0 spiro atoms. The first-order valence-electron chi connectivity index (χ1n) is 9.93. The molecule has 0 radical (unpaired) electrons. The zero-order valence-corrected chi connectivity index (χ0v) is 16.4. The number of amides is 2. The van der Waals surface area contributed by atoms with Gasteiger partial charge in [0.25, 0.3) is 11.8 Å². The minimum Gasteiger partial charge on any atom is -0.352 e. The lowest BCUT2D eigenvalue weighted by atomic mass is 9.95. The first kappa shape index (κ1) is 20.3. The van der Waals surface area contributed by atoms with E-state index in [0.717, 1.165) is 12.8 Å². The molecule has 1 atom stereocenters. The Morgan fingerprint density at radius 2 is 1.14 bits per heavy atom. The highest BCUT2D eigenvalue weighted by molar-refractivity contribution is 5.94. The maximum Gasteiger partial charge on any atom is 0.251 e. The zero-order chi connectivity index (χ0) is 20.3. The summed E-state index contributed by atoms with van der Waals surface area (Å²) in [7, 11) is 0. The molecule has 3 aromatic rings. The van der Waals surface area contributed by atoms with E-state index in [2.05, 4.69) is 22.8 Å². The molecule has 29 heavy (non-hydrogen) atoms. The molecule has 0 bridgehead atoms. The van der Waals surface area contributed by atoms with Gasteiger partial charge in [-0.05, 0) is 48.6 Å². The maximum atomic E-state index is 12.4. The number of carbonyl (C=O) groups excluding carboxylic acids is 2. The van der Waals surface area contributed by atoms with Crippen molar-refractivity contribution in [2.45, 2.75) is 12.8 Å². The molecule has 2 N–H and O–H groups in total. The molecule has 3 aromatic carbocycles. The van der Waals surface area contributed by atoms with Gasteiger partial charge in [0.2, 0.25) is 0 Å². The van der Waals surface area contributed by atoms with E-state index >= 15 is 0 Å². The minimum absolute atomic E-state index is 0.0719. The minimum atomic E-state index is -0.0722. The lowest BCUT2D eigenvalue weighted by molar-refractivity contribution is 0.0932. The third-order valence-electron chi connectivity index (χ3n) is 4.83. The molecule has 0 saturated heterocycles. The van der Waals surface area contributed by atoms with Gasteiger partial charge in [-0.15, -0.1) is 0 Å². The van der Waals surface area contributed by atoms with E-state index in [-0.39, 0.29) is 17.7 Å². The standard InChI is InChI=1S/C25H26N2O2/c28-24(22-12-6-2-7-13-22)26-17-16-21(18-20-10-4-1-5-11-20)19-27-25(29)23-14-8-3-9-15-23/h1-15,21H,16-19H2,(H,26,28)(H,27,29)/t21-/m0/s1. The summed E-state index contributed by atoms with van der Waals surface area (Å²) in [6.07, 6.45) is 1.62. The Labute approximate surface area is 172 Å². The van der Waals surface area contributed by atoms with Crippen LogP contribution in [0.5, 0.6) is 0 Å². The van der Waals surface area contributed by atoms with E-state index in [1.54, 1.807) is 12.1 Å². The molecule has 0 heterocycles. The van der Waals surface area contributed by atoms with Gasteiger partial charge in [0.15, 0.2) is 0 Å². The van der Waals surface area contributed by atoms with E-state index in [4.69, 9.17) is 0 Å². The van der Waals surface area contributed by atoms with Crippen LogP contribution in [0.3, 0.4) is 0 Å². The van der Waals surface area contributed by atoms with Gasteiger partial charge < -0.3 is 10.6 Å². The van der Waals surface area contributed by atoms with Crippen molar-refractivity contribution < 1.29 is 9.59 Å². The summed E-state index contributed by atoms with van der Waals surface area (Å²) in [5.41, 5.74) is 2.54. The summed E-state index contributed by atoms with van der Waals surface area (Å²) < 4.78 is 0. The summed E-state index contributed by atoms with van der Waals surface area (Å²) in [4.78, 5) is 24.6. The average Bonchev–Trinajstić information content (AvgIpc) is 2.79. The summed E-state index contributed by atoms with van der Waals surface area (Å²) in [6.45, 7) is 1.12. The van der Waals surface area contributed by atoms with Gasteiger partial charge in [0.1, 0.15) is 0 Å². The van der Waals surface area contributed by atoms with Gasteiger partial charge >= 0.3 is 0 Å². The first-order chi connectivity index (χ1) is 14.2. The van der Waals surface area contributed by atoms with Gasteiger partial charge in [0.05, 0.1) is 0 Å². The quantitative estimate of drug-likeness (QED) is 0.582. The molecular formula is C25H26N2O2. The fraction of sp³-hybridized carbons (Fsp3) is 0.200. The molecule has 0 aliphatic rings. The van der Waals surface area contributed by atoms with Crippen LogP contribution in [0.2, 0.25) is 0 Å². The van der Waals surface area contributed by atoms with Crippen molar-refractivity contribution in [3.8, 4) is 0 Å². The van der Waals surface area contributed by atoms with Crippen molar-refractivity contribution >= 4 is 11.8 Å². The second kappa shape index (κ2) is 10.8. The van der Waals surface area contributed by atoms with Crippen molar-refractivity contribution in [1.29, 1.82) is 0 Å². The highest BCUT2D eigenvalue weighted by Gasteiger charge is 2.13. The Balaban J connectivity index is 1.55. The second-order valence-electron chi connectivity index (χ2n) is 7.04. The van der Waals surface area contributed by atoms with Crippen molar-refractivity contribution in [1.82, 2.24) is 10.6 Å². The number of benzene rings is 3. The number of hydrogen-bond donors (Lipinski definition) is 2. The van der Waals surface area contributed by atoms with Gasteiger partial charge in [-0.1, -0.05) is 66.7 Å². The summed E-state index contributed by atoms with van der Waals surface area (Å²) in [6, 6.07) is 28.6. The normalized spacial score (nSPS) is 11.4. The Bertz CT molecular complexity index is 896. The van der Waals surface area contributed by atoms with Gasteiger partial charge in [0, 0.05) is 24.2 Å². The highest BCUT2D eigenvalue weighted by Crippen LogP contribution is 2.12. The van der Waals surface area contributed by atoms with Crippen LogP contribution in [0.25, 0.3) is 0 Å². The Morgan fingerprint density at radius 3 is 1.69 bits per heavy atom. The molecule has 3 rings (SSSR count). The van der Waals surface area contributed by atoms with Crippen LogP contribution in [0, 0.1) is 5.92 Å². The third-order valence-corrected chi connectivity index (χ3v) is 4.83. The van der Waals surface area contributed by atoms with E-state index in [0.29, 0.717) is 24.2 Å². The van der Waals surface area contributed by atoms with Crippen molar-refractivity contribution in [3.63, 3.8) is 0 Å².